The fraction of sp³-hybridized carbons (Fsp3) is 0.887. The maximum Gasteiger partial charge on any atom is 0.361 e. The van der Waals surface area contributed by atoms with Crippen molar-refractivity contribution in [3.63, 3.8) is 0 Å². The Morgan fingerprint density at radius 3 is 1.04 bits per heavy atom. The van der Waals surface area contributed by atoms with Crippen LogP contribution in [0.4, 0.5) is 0 Å². The Labute approximate surface area is 439 Å². The minimum Gasteiger partial charge on any atom is -0.477 e. The number of hydrogen-bond acceptors (Lipinski definition) is 7. The van der Waals surface area contributed by atoms with E-state index in [9.17, 15) is 19.5 Å². The number of quaternary nitrogens is 1. The first kappa shape index (κ1) is 68.8. The summed E-state index contributed by atoms with van der Waals surface area (Å²) in [6.07, 6.45) is 61.2. The van der Waals surface area contributed by atoms with Crippen LogP contribution in [0.3, 0.4) is 0 Å². The molecule has 0 radical (unpaired) electrons. The molecule has 0 bridgehead atoms. The summed E-state index contributed by atoms with van der Waals surface area (Å²) in [6.45, 7) is 4.92. The van der Waals surface area contributed by atoms with E-state index in [4.69, 9.17) is 18.9 Å². The summed E-state index contributed by atoms with van der Waals surface area (Å²) in [5.74, 6) is -1.99. The molecule has 0 spiro atoms. The molecule has 0 amide bonds. The van der Waals surface area contributed by atoms with Crippen LogP contribution in [0.1, 0.15) is 296 Å². The van der Waals surface area contributed by atoms with Gasteiger partial charge < -0.3 is 28.5 Å². The summed E-state index contributed by atoms with van der Waals surface area (Å²) in [6, 6.07) is 0. The number of likely N-dealkylation sites (N-methyl/N-ethyl adjacent to an activating group) is 1. The van der Waals surface area contributed by atoms with E-state index in [1.54, 1.807) is 0 Å². The SMILES string of the molecule is CCCCCCCC/C=C\CCCCCCCCCCCC(=O)OCC(COC(OCC[N+](C)(C)C)C(=O)O)OC(=O)CCCCCCCCCCCCCCCCC/C=C\CCCCCCCCCC. The molecule has 2 atom stereocenters. The van der Waals surface area contributed by atoms with Crippen LogP contribution in [-0.4, -0.2) is 87.4 Å². The molecule has 9 nitrogen and oxygen atoms in total. The third-order valence-corrected chi connectivity index (χ3v) is 13.7. The van der Waals surface area contributed by atoms with Crippen molar-refractivity contribution < 1.29 is 42.9 Å². The fourth-order valence-corrected chi connectivity index (χ4v) is 8.95. The maximum atomic E-state index is 12.9. The largest absolute Gasteiger partial charge is 0.477 e. The Morgan fingerprint density at radius 1 is 0.408 bits per heavy atom. The van der Waals surface area contributed by atoms with Crippen molar-refractivity contribution in [1.82, 2.24) is 0 Å². The van der Waals surface area contributed by atoms with E-state index < -0.39 is 18.4 Å². The number of carboxylic acid groups (broad SMARTS) is 1. The minimum absolute atomic E-state index is 0.178. The Bertz CT molecular complexity index is 1210. The van der Waals surface area contributed by atoms with Gasteiger partial charge in [-0.1, -0.05) is 244 Å². The minimum atomic E-state index is -1.51. The van der Waals surface area contributed by atoms with E-state index >= 15 is 0 Å². The lowest BCUT2D eigenvalue weighted by molar-refractivity contribution is -0.870. The highest BCUT2D eigenvalue weighted by Crippen LogP contribution is 2.17. The Morgan fingerprint density at radius 2 is 0.718 bits per heavy atom. The summed E-state index contributed by atoms with van der Waals surface area (Å²) in [5, 5.41) is 9.71. The molecular weight excluding hydrogens is 887 g/mol. The lowest BCUT2D eigenvalue weighted by Crippen LogP contribution is -2.40. The predicted octanol–water partition coefficient (Wildman–Crippen LogP) is 17.9. The number of carboxylic acids is 1. The van der Waals surface area contributed by atoms with Crippen molar-refractivity contribution in [3.8, 4) is 0 Å². The number of rotatable bonds is 57. The number of unbranched alkanes of at least 4 members (excludes halogenated alkanes) is 38. The zero-order chi connectivity index (χ0) is 52.0. The van der Waals surface area contributed by atoms with Gasteiger partial charge in [0.15, 0.2) is 6.10 Å². The first-order valence-electron chi connectivity index (χ1n) is 30.5. The number of hydrogen-bond donors (Lipinski definition) is 1. The van der Waals surface area contributed by atoms with Gasteiger partial charge in [0, 0.05) is 12.8 Å². The molecule has 0 aromatic carbocycles. The molecular formula is C62H118NO8+. The van der Waals surface area contributed by atoms with Crippen LogP contribution in [0.2, 0.25) is 0 Å². The molecule has 0 saturated carbocycles. The van der Waals surface area contributed by atoms with Crippen LogP contribution < -0.4 is 0 Å². The number of esters is 2. The maximum absolute atomic E-state index is 12.9. The van der Waals surface area contributed by atoms with E-state index in [0.717, 1.165) is 38.5 Å². The molecule has 0 saturated heterocycles. The molecule has 418 valence electrons. The molecule has 0 aliphatic rings. The second-order valence-corrected chi connectivity index (χ2v) is 22.0. The van der Waals surface area contributed by atoms with Gasteiger partial charge in [-0.05, 0) is 64.2 Å². The van der Waals surface area contributed by atoms with Crippen LogP contribution in [0.15, 0.2) is 24.3 Å². The van der Waals surface area contributed by atoms with E-state index in [0.29, 0.717) is 17.4 Å². The number of carbonyl (C=O) groups is 3. The number of nitrogens with zero attached hydrogens (tertiary/aromatic N) is 1. The predicted molar refractivity (Wildman–Crippen MR) is 300 cm³/mol. The van der Waals surface area contributed by atoms with Crippen LogP contribution in [0.25, 0.3) is 0 Å². The first-order chi connectivity index (χ1) is 34.6. The molecule has 2 unspecified atom stereocenters. The highest BCUT2D eigenvalue weighted by atomic mass is 16.7. The normalized spacial score (nSPS) is 12.9. The summed E-state index contributed by atoms with van der Waals surface area (Å²) in [4.78, 5) is 37.4. The fourth-order valence-electron chi connectivity index (χ4n) is 8.95. The molecule has 0 aromatic heterocycles. The number of ether oxygens (including phenoxy) is 4. The Balaban J connectivity index is 4.16. The van der Waals surface area contributed by atoms with Gasteiger partial charge in [0.05, 0.1) is 34.4 Å². The zero-order valence-electron chi connectivity index (χ0n) is 47.7. The third kappa shape index (κ3) is 55.4. The van der Waals surface area contributed by atoms with Crippen LogP contribution >= 0.6 is 0 Å². The Kier molecular flexibility index (Phi) is 52.3. The molecule has 1 N–H and O–H groups in total. The van der Waals surface area contributed by atoms with Gasteiger partial charge in [0.25, 0.3) is 6.29 Å². The van der Waals surface area contributed by atoms with E-state index in [2.05, 4.69) is 38.2 Å². The summed E-state index contributed by atoms with van der Waals surface area (Å²) < 4.78 is 22.9. The van der Waals surface area contributed by atoms with Crippen molar-refractivity contribution in [2.24, 2.45) is 0 Å². The standard InChI is InChI=1S/C62H117NO8/c1-6-8-10-12-14-16-18-20-22-24-26-27-28-29-30-31-32-33-35-37-39-41-43-45-47-49-51-53-60(65)71-58(57-70-62(61(66)67)68-55-54-63(3,4)5)56-69-59(64)52-50-48-46-44-42-40-38-36-34-25-23-21-19-17-15-13-11-9-7-2/h21,23-24,26,58,62H,6-20,22,25,27-57H2,1-5H3/p+1/b23-21-,26-24-. The Hall–Kier alpha value is -2.23. The van der Waals surface area contributed by atoms with Crippen molar-refractivity contribution in [3.05, 3.63) is 24.3 Å². The topological polar surface area (TPSA) is 108 Å². The van der Waals surface area contributed by atoms with Gasteiger partial charge in [-0.3, -0.25) is 9.59 Å². The highest BCUT2D eigenvalue weighted by molar-refractivity contribution is 5.71. The van der Waals surface area contributed by atoms with Gasteiger partial charge in [-0.15, -0.1) is 0 Å². The molecule has 9 heteroatoms. The van der Waals surface area contributed by atoms with Crippen molar-refractivity contribution in [1.29, 1.82) is 0 Å². The van der Waals surface area contributed by atoms with Crippen molar-refractivity contribution >= 4 is 17.9 Å². The van der Waals surface area contributed by atoms with E-state index in [1.165, 1.54) is 231 Å². The lowest BCUT2D eigenvalue weighted by Gasteiger charge is -2.25. The van der Waals surface area contributed by atoms with E-state index in [-0.39, 0.29) is 38.2 Å². The van der Waals surface area contributed by atoms with E-state index in [1.807, 2.05) is 21.1 Å². The molecule has 0 heterocycles. The van der Waals surface area contributed by atoms with Gasteiger partial charge in [0.2, 0.25) is 0 Å². The molecule has 0 aliphatic carbocycles. The average Bonchev–Trinajstić information content (AvgIpc) is 3.34. The summed E-state index contributed by atoms with van der Waals surface area (Å²) in [5.41, 5.74) is 0. The van der Waals surface area contributed by atoms with Gasteiger partial charge in [-0.2, -0.15) is 0 Å². The smallest absolute Gasteiger partial charge is 0.361 e. The van der Waals surface area contributed by atoms with Crippen molar-refractivity contribution in [2.75, 3.05) is 47.5 Å². The average molecular weight is 1010 g/mol. The molecule has 0 rings (SSSR count). The first-order valence-corrected chi connectivity index (χ1v) is 30.5. The molecule has 71 heavy (non-hydrogen) atoms. The van der Waals surface area contributed by atoms with Gasteiger partial charge >= 0.3 is 17.9 Å². The number of allylic oxidation sites excluding steroid dienone is 4. The number of carbonyl (C=O) groups excluding carboxylic acids is 2. The molecule has 0 aromatic rings. The third-order valence-electron chi connectivity index (χ3n) is 13.7. The highest BCUT2D eigenvalue weighted by Gasteiger charge is 2.25. The van der Waals surface area contributed by atoms with Gasteiger partial charge in [0.1, 0.15) is 13.2 Å². The monoisotopic (exact) mass is 1000 g/mol. The summed E-state index contributed by atoms with van der Waals surface area (Å²) >= 11 is 0. The van der Waals surface area contributed by atoms with Crippen molar-refractivity contribution in [2.45, 2.75) is 309 Å². The molecule has 0 aliphatic heterocycles. The second kappa shape index (κ2) is 54.0. The summed E-state index contributed by atoms with van der Waals surface area (Å²) in [7, 11) is 5.98. The van der Waals surface area contributed by atoms with Crippen LogP contribution in [-0.2, 0) is 33.3 Å². The lowest BCUT2D eigenvalue weighted by atomic mass is 10.0. The quantitative estimate of drug-likeness (QED) is 0.0211. The zero-order valence-corrected chi connectivity index (χ0v) is 47.7. The van der Waals surface area contributed by atoms with Crippen LogP contribution in [0, 0.1) is 0 Å². The molecule has 0 fully saturated rings. The second-order valence-electron chi connectivity index (χ2n) is 22.0. The van der Waals surface area contributed by atoms with Crippen LogP contribution in [0.5, 0.6) is 0 Å². The van der Waals surface area contributed by atoms with Gasteiger partial charge in [-0.25, -0.2) is 4.79 Å². The number of aliphatic carboxylic acids is 1.